The molecule has 1 aliphatic rings. The van der Waals surface area contributed by atoms with Gasteiger partial charge in [-0.2, -0.15) is 0 Å². The van der Waals surface area contributed by atoms with E-state index in [1.54, 1.807) is 34.6 Å². The van der Waals surface area contributed by atoms with Gasteiger partial charge in [0.15, 0.2) is 0 Å². The highest BCUT2D eigenvalue weighted by atomic mass is 16.6. The Hall–Kier alpha value is -1.30. The fourth-order valence-electron chi connectivity index (χ4n) is 2.06. The second kappa shape index (κ2) is 6.43. The van der Waals surface area contributed by atoms with E-state index < -0.39 is 17.2 Å². The molecule has 6 heteroatoms. The standard InChI is InChI=1S/C14H26N2O4/c1-10(2)19-11(17)14(6-8-15-9-7-14)16-12(18)20-13(3,4)5/h10,15H,6-9H2,1-5H3,(H,16,18). The van der Waals surface area contributed by atoms with Crippen LogP contribution in [0.25, 0.3) is 0 Å². The van der Waals surface area contributed by atoms with Gasteiger partial charge in [0.2, 0.25) is 0 Å². The minimum Gasteiger partial charge on any atom is -0.461 e. The second-order valence-corrected chi connectivity index (χ2v) is 6.41. The number of rotatable bonds is 3. The van der Waals surface area contributed by atoms with Crippen molar-refractivity contribution in [2.45, 2.75) is 64.7 Å². The zero-order valence-electron chi connectivity index (χ0n) is 13.0. The summed E-state index contributed by atoms with van der Waals surface area (Å²) in [4.78, 5) is 24.3. The van der Waals surface area contributed by atoms with Crippen LogP contribution in [0.4, 0.5) is 4.79 Å². The Labute approximate surface area is 120 Å². The van der Waals surface area contributed by atoms with E-state index in [2.05, 4.69) is 10.6 Å². The molecule has 1 fully saturated rings. The number of hydrogen-bond donors (Lipinski definition) is 2. The summed E-state index contributed by atoms with van der Waals surface area (Å²) in [5, 5.41) is 5.89. The third-order valence-corrected chi connectivity index (χ3v) is 2.93. The van der Waals surface area contributed by atoms with Crippen LogP contribution < -0.4 is 10.6 Å². The maximum Gasteiger partial charge on any atom is 0.408 e. The fraction of sp³-hybridized carbons (Fsp3) is 0.857. The van der Waals surface area contributed by atoms with E-state index in [1.807, 2.05) is 0 Å². The van der Waals surface area contributed by atoms with Gasteiger partial charge in [0.25, 0.3) is 0 Å². The van der Waals surface area contributed by atoms with E-state index in [0.29, 0.717) is 25.9 Å². The maximum absolute atomic E-state index is 12.3. The van der Waals surface area contributed by atoms with Crippen molar-refractivity contribution >= 4 is 12.1 Å². The summed E-state index contributed by atoms with van der Waals surface area (Å²) in [5.74, 6) is -0.389. The molecule has 1 aliphatic heterocycles. The van der Waals surface area contributed by atoms with Crippen molar-refractivity contribution in [2.24, 2.45) is 0 Å². The molecule has 2 N–H and O–H groups in total. The molecule has 0 saturated carbocycles. The van der Waals surface area contributed by atoms with Gasteiger partial charge >= 0.3 is 12.1 Å². The van der Waals surface area contributed by atoms with Crippen LogP contribution >= 0.6 is 0 Å². The highest BCUT2D eigenvalue weighted by Gasteiger charge is 2.43. The topological polar surface area (TPSA) is 76.7 Å². The third kappa shape index (κ3) is 5.00. The Morgan fingerprint density at radius 1 is 1.20 bits per heavy atom. The molecule has 116 valence electrons. The first kappa shape index (κ1) is 16.8. The first-order chi connectivity index (χ1) is 9.15. The molecule has 0 radical (unpaired) electrons. The molecule has 0 aromatic heterocycles. The quantitative estimate of drug-likeness (QED) is 0.770. The predicted molar refractivity (Wildman–Crippen MR) is 75.4 cm³/mol. The van der Waals surface area contributed by atoms with E-state index in [0.717, 1.165) is 0 Å². The second-order valence-electron chi connectivity index (χ2n) is 6.41. The average molecular weight is 286 g/mol. The van der Waals surface area contributed by atoms with Gasteiger partial charge in [-0.3, -0.25) is 0 Å². The number of esters is 1. The molecule has 0 aliphatic carbocycles. The minimum atomic E-state index is -0.988. The van der Waals surface area contributed by atoms with E-state index >= 15 is 0 Å². The summed E-state index contributed by atoms with van der Waals surface area (Å²) in [6, 6.07) is 0. The summed E-state index contributed by atoms with van der Waals surface area (Å²) in [6.45, 7) is 10.3. The van der Waals surface area contributed by atoms with E-state index in [1.165, 1.54) is 0 Å². The van der Waals surface area contributed by atoms with Crippen LogP contribution in [0.5, 0.6) is 0 Å². The molecule has 1 rings (SSSR count). The monoisotopic (exact) mass is 286 g/mol. The lowest BCUT2D eigenvalue weighted by atomic mass is 9.88. The first-order valence-electron chi connectivity index (χ1n) is 7.08. The largest absolute Gasteiger partial charge is 0.461 e. The molecule has 0 aromatic rings. The van der Waals surface area contributed by atoms with E-state index in [9.17, 15) is 9.59 Å². The lowest BCUT2D eigenvalue weighted by Crippen LogP contribution is -2.61. The highest BCUT2D eigenvalue weighted by Crippen LogP contribution is 2.22. The SMILES string of the molecule is CC(C)OC(=O)C1(NC(=O)OC(C)(C)C)CCNCC1. The van der Waals surface area contributed by atoms with Crippen LogP contribution in [0.3, 0.4) is 0 Å². The summed E-state index contributed by atoms with van der Waals surface area (Å²) in [5.41, 5.74) is -1.59. The van der Waals surface area contributed by atoms with Crippen LogP contribution in [-0.2, 0) is 14.3 Å². The third-order valence-electron chi connectivity index (χ3n) is 2.93. The molecule has 0 aromatic carbocycles. The number of hydrogen-bond acceptors (Lipinski definition) is 5. The average Bonchev–Trinajstić information content (AvgIpc) is 2.26. The predicted octanol–water partition coefficient (Wildman–Crippen LogP) is 1.58. The Bertz CT molecular complexity index is 355. The summed E-state index contributed by atoms with van der Waals surface area (Å²) < 4.78 is 10.5. The smallest absolute Gasteiger partial charge is 0.408 e. The summed E-state index contributed by atoms with van der Waals surface area (Å²) >= 11 is 0. The minimum absolute atomic E-state index is 0.213. The van der Waals surface area contributed by atoms with Gasteiger partial charge in [-0.05, 0) is 60.5 Å². The number of piperidine rings is 1. The maximum atomic E-state index is 12.3. The highest BCUT2D eigenvalue weighted by molar-refractivity contribution is 5.86. The van der Waals surface area contributed by atoms with Crippen LogP contribution in [0.1, 0.15) is 47.5 Å². The van der Waals surface area contributed by atoms with Gasteiger partial charge in [-0.1, -0.05) is 0 Å². The lowest BCUT2D eigenvalue weighted by Gasteiger charge is -2.36. The molecular formula is C14H26N2O4. The van der Waals surface area contributed by atoms with Crippen LogP contribution in [0, 0.1) is 0 Å². The lowest BCUT2D eigenvalue weighted by molar-refractivity contribution is -0.156. The summed E-state index contributed by atoms with van der Waals surface area (Å²) in [6.07, 6.45) is 0.199. The molecule has 1 heterocycles. The molecule has 0 spiro atoms. The van der Waals surface area contributed by atoms with Gasteiger partial charge in [-0.25, -0.2) is 9.59 Å². The first-order valence-corrected chi connectivity index (χ1v) is 7.08. The van der Waals surface area contributed by atoms with Crippen LogP contribution in [-0.4, -0.2) is 42.4 Å². The zero-order valence-corrected chi connectivity index (χ0v) is 13.0. The van der Waals surface area contributed by atoms with Crippen molar-refractivity contribution in [1.29, 1.82) is 0 Å². The number of nitrogens with one attached hydrogen (secondary N) is 2. The van der Waals surface area contributed by atoms with E-state index in [-0.39, 0.29) is 12.1 Å². The van der Waals surface area contributed by atoms with Crippen molar-refractivity contribution < 1.29 is 19.1 Å². The Morgan fingerprint density at radius 2 is 1.75 bits per heavy atom. The van der Waals surface area contributed by atoms with Gasteiger partial charge < -0.3 is 20.1 Å². The summed E-state index contributed by atoms with van der Waals surface area (Å²) in [7, 11) is 0. The van der Waals surface area contributed by atoms with Gasteiger partial charge in [0.05, 0.1) is 6.10 Å². The number of ether oxygens (including phenoxy) is 2. The molecule has 20 heavy (non-hydrogen) atoms. The van der Waals surface area contributed by atoms with Gasteiger partial charge in [0, 0.05) is 0 Å². The zero-order chi connectivity index (χ0) is 15.4. The number of carbonyl (C=O) groups is 2. The Kier molecular flexibility index (Phi) is 5.39. The Morgan fingerprint density at radius 3 is 2.20 bits per heavy atom. The molecular weight excluding hydrogens is 260 g/mol. The van der Waals surface area contributed by atoms with E-state index in [4.69, 9.17) is 9.47 Å². The van der Waals surface area contributed by atoms with Crippen molar-refractivity contribution in [3.05, 3.63) is 0 Å². The van der Waals surface area contributed by atoms with Crippen molar-refractivity contribution in [2.75, 3.05) is 13.1 Å². The molecule has 0 bridgehead atoms. The molecule has 0 unspecified atom stereocenters. The molecule has 0 atom stereocenters. The van der Waals surface area contributed by atoms with Crippen molar-refractivity contribution in [3.8, 4) is 0 Å². The van der Waals surface area contributed by atoms with Crippen LogP contribution in [0.15, 0.2) is 0 Å². The fourth-order valence-corrected chi connectivity index (χ4v) is 2.06. The van der Waals surface area contributed by atoms with Gasteiger partial charge in [-0.15, -0.1) is 0 Å². The molecule has 1 amide bonds. The van der Waals surface area contributed by atoms with Crippen LogP contribution in [0.2, 0.25) is 0 Å². The molecule has 1 saturated heterocycles. The number of amides is 1. The van der Waals surface area contributed by atoms with Crippen molar-refractivity contribution in [1.82, 2.24) is 10.6 Å². The van der Waals surface area contributed by atoms with Crippen molar-refractivity contribution in [3.63, 3.8) is 0 Å². The number of carbonyl (C=O) groups excluding carboxylic acids is 2. The molecule has 6 nitrogen and oxygen atoms in total. The number of alkyl carbamates (subject to hydrolysis) is 1. The Balaban J connectivity index is 2.78. The normalized spacial score (nSPS) is 18.5. The van der Waals surface area contributed by atoms with Gasteiger partial charge in [0.1, 0.15) is 11.1 Å².